The van der Waals surface area contributed by atoms with E-state index in [9.17, 15) is 0 Å². The number of hydrogen-bond acceptors (Lipinski definition) is 5. The molecule has 0 bridgehead atoms. The van der Waals surface area contributed by atoms with Gasteiger partial charge in [-0.3, -0.25) is 0 Å². The predicted octanol–water partition coefficient (Wildman–Crippen LogP) is -5.38. The minimum atomic E-state index is -4.94. The van der Waals surface area contributed by atoms with Crippen LogP contribution in [-0.4, -0.2) is 11.8 Å². The number of aryl methyl sites for hydroxylation is 1. The van der Waals surface area contributed by atoms with Gasteiger partial charge in [0, 0.05) is 0 Å². The fourth-order valence-electron chi connectivity index (χ4n) is 0.535. The summed E-state index contributed by atoms with van der Waals surface area (Å²) in [6.45, 7) is 0. The normalized spacial score (nSPS) is 10.3. The predicted molar refractivity (Wildman–Crippen MR) is 28.1 cm³/mol. The van der Waals surface area contributed by atoms with Crippen LogP contribution in [0.3, 0.4) is 0 Å². The van der Waals surface area contributed by atoms with E-state index < -0.39 is 10.2 Å². The van der Waals surface area contributed by atoms with E-state index in [1.807, 2.05) is 30.3 Å². The summed E-state index contributed by atoms with van der Waals surface area (Å²) in [5.41, 5.74) is 0. The second-order valence-electron chi connectivity index (χ2n) is 2.00. The fourth-order valence-corrected chi connectivity index (χ4v) is 0.535. The molecule has 0 amide bonds. The van der Waals surface area contributed by atoms with Crippen LogP contribution < -0.4 is 28.0 Å². The molecule has 0 aliphatic heterocycles. The van der Waals surface area contributed by atoms with Crippen LogP contribution in [0.5, 0.6) is 0 Å². The molecular weight excluding hydrogens is 204 g/mol. The molecule has 13 heavy (non-hydrogen) atoms. The molecule has 0 fully saturated rings. The summed E-state index contributed by atoms with van der Waals surface area (Å²) < 4.78 is 37.5. The Kier molecular flexibility index (Phi) is 4.67. The van der Waals surface area contributed by atoms with Crippen molar-refractivity contribution in [3.8, 4) is 0 Å². The summed E-state index contributed by atoms with van der Waals surface area (Å²) in [5.74, 6) is 0. The van der Waals surface area contributed by atoms with Crippen molar-refractivity contribution in [2.24, 2.45) is 7.05 Å². The van der Waals surface area contributed by atoms with E-state index in [1.165, 1.54) is 0 Å². The quantitative estimate of drug-likeness (QED) is 0.432. The van der Waals surface area contributed by atoms with Crippen molar-refractivity contribution in [3.63, 3.8) is 0 Å². The number of halogens is 1. The molecule has 1 heterocycles. The van der Waals surface area contributed by atoms with Crippen LogP contribution in [0, 0.1) is 10.2 Å². The molecule has 0 N–H and O–H groups in total. The monoisotopic (exact) mass is 212 g/mol. The van der Waals surface area contributed by atoms with Crippen molar-refractivity contribution < 1.29 is 38.3 Å². The molecule has 0 aliphatic rings. The summed E-state index contributed by atoms with van der Waals surface area (Å²) in [6.07, 6.45) is 5.57. The molecule has 0 spiro atoms. The summed E-state index contributed by atoms with van der Waals surface area (Å²) >= 11 is 0. The van der Waals surface area contributed by atoms with Gasteiger partial charge in [-0.25, -0.2) is 23.2 Å². The SMILES string of the molecule is COn1cc[n+](C)c1.[O-][Cl+3]([O-])([O-])[O-]. The lowest BCUT2D eigenvalue weighted by atomic mass is 10.9. The highest BCUT2D eigenvalue weighted by molar-refractivity contribution is 4.59. The maximum absolute atomic E-state index is 8.49. The van der Waals surface area contributed by atoms with E-state index in [-0.39, 0.29) is 0 Å². The molecule has 0 unspecified atom stereocenters. The Morgan fingerprint density at radius 3 is 1.92 bits per heavy atom. The zero-order chi connectivity index (χ0) is 10.5. The average molecular weight is 213 g/mol. The maximum atomic E-state index is 8.49. The minimum absolute atomic E-state index is 1.62. The zero-order valence-corrected chi connectivity index (χ0v) is 7.80. The number of aromatic nitrogens is 2. The van der Waals surface area contributed by atoms with E-state index in [0.29, 0.717) is 0 Å². The Balaban J connectivity index is 0.000000252. The zero-order valence-electron chi connectivity index (χ0n) is 7.05. The second kappa shape index (κ2) is 5.00. The number of hydrogen-bond donors (Lipinski definition) is 0. The van der Waals surface area contributed by atoms with E-state index in [1.54, 1.807) is 11.8 Å². The molecule has 1 aromatic rings. The van der Waals surface area contributed by atoms with Crippen LogP contribution in [0.25, 0.3) is 0 Å². The number of nitrogens with zero attached hydrogens (tertiary/aromatic N) is 2. The molecule has 0 saturated heterocycles. The van der Waals surface area contributed by atoms with Gasteiger partial charge < -0.3 is 4.84 Å². The highest BCUT2D eigenvalue weighted by Gasteiger charge is 1.94. The third-order valence-electron chi connectivity index (χ3n) is 0.955. The molecule has 76 valence electrons. The molecule has 1 rings (SSSR count). The first-order chi connectivity index (χ1) is 5.83. The summed E-state index contributed by atoms with van der Waals surface area (Å²) in [7, 11) is -1.38. The van der Waals surface area contributed by atoms with Crippen molar-refractivity contribution in [2.45, 2.75) is 0 Å². The van der Waals surface area contributed by atoms with Crippen LogP contribution in [0.1, 0.15) is 0 Å². The Morgan fingerprint density at radius 2 is 1.77 bits per heavy atom. The van der Waals surface area contributed by atoms with Crippen LogP contribution in [-0.2, 0) is 7.05 Å². The molecule has 1 aromatic heterocycles. The number of rotatable bonds is 1. The van der Waals surface area contributed by atoms with Gasteiger partial charge in [0.1, 0.15) is 13.3 Å². The molecule has 0 aromatic carbocycles. The molecule has 8 heteroatoms. The van der Waals surface area contributed by atoms with Gasteiger partial charge in [-0.15, -0.1) is 10.2 Å². The van der Waals surface area contributed by atoms with Crippen LogP contribution in [0.15, 0.2) is 18.7 Å². The Labute approximate surface area is 76.7 Å². The lowest BCUT2D eigenvalue weighted by Crippen LogP contribution is -2.68. The van der Waals surface area contributed by atoms with Gasteiger partial charge in [-0.1, -0.05) is 4.73 Å². The highest BCUT2D eigenvalue weighted by Crippen LogP contribution is 1.73. The first-order valence-electron chi connectivity index (χ1n) is 3.02. The topological polar surface area (TPSA) is 110 Å². The first-order valence-corrected chi connectivity index (χ1v) is 4.26. The van der Waals surface area contributed by atoms with E-state index in [4.69, 9.17) is 23.5 Å². The van der Waals surface area contributed by atoms with Gasteiger partial charge in [0.05, 0.1) is 7.05 Å². The van der Waals surface area contributed by atoms with Crippen molar-refractivity contribution in [2.75, 3.05) is 7.11 Å². The van der Waals surface area contributed by atoms with Crippen LogP contribution in [0.2, 0.25) is 0 Å². The Morgan fingerprint density at radius 1 is 1.31 bits per heavy atom. The summed E-state index contributed by atoms with van der Waals surface area (Å²) in [6, 6.07) is 0. The van der Waals surface area contributed by atoms with Gasteiger partial charge in [0.25, 0.3) is 6.33 Å². The average Bonchev–Trinajstić information content (AvgIpc) is 2.31. The van der Waals surface area contributed by atoms with Crippen LogP contribution in [0.4, 0.5) is 0 Å². The third kappa shape index (κ3) is 9.05. The Bertz CT molecular complexity index is 239. The molecule has 0 aliphatic carbocycles. The lowest BCUT2D eigenvalue weighted by Gasteiger charge is -2.17. The smallest absolute Gasteiger partial charge is 0.284 e. The van der Waals surface area contributed by atoms with E-state index in [0.717, 1.165) is 0 Å². The van der Waals surface area contributed by atoms with Gasteiger partial charge in [0.15, 0.2) is 6.20 Å². The lowest BCUT2D eigenvalue weighted by molar-refractivity contribution is -2.00. The summed E-state index contributed by atoms with van der Waals surface area (Å²) in [4.78, 5) is 4.83. The molecule has 0 radical (unpaired) electrons. The van der Waals surface area contributed by atoms with Crippen molar-refractivity contribution in [3.05, 3.63) is 18.7 Å². The standard InChI is InChI=1S/C5H9N2O.ClHO4/c1-6-3-4-7(5-6)8-2;2-1(3,4)5/h3-5H,1-2H3;(H,2,3,4,5)/q+1;/p-1. The van der Waals surface area contributed by atoms with E-state index >= 15 is 0 Å². The molecule has 0 atom stereocenters. The summed E-state index contributed by atoms with van der Waals surface area (Å²) in [5, 5.41) is 0. The largest absolute Gasteiger partial charge is 0.339 e. The Hall–Kier alpha value is -0.860. The van der Waals surface area contributed by atoms with Crippen LogP contribution >= 0.6 is 0 Å². The van der Waals surface area contributed by atoms with Gasteiger partial charge in [0.2, 0.25) is 0 Å². The first kappa shape index (κ1) is 12.1. The van der Waals surface area contributed by atoms with Gasteiger partial charge >= 0.3 is 0 Å². The molecule has 7 nitrogen and oxygen atoms in total. The van der Waals surface area contributed by atoms with Gasteiger partial charge in [-0.05, 0) is 0 Å². The van der Waals surface area contributed by atoms with Crippen molar-refractivity contribution >= 4 is 0 Å². The fraction of sp³-hybridized carbons (Fsp3) is 0.400. The van der Waals surface area contributed by atoms with E-state index in [2.05, 4.69) is 0 Å². The number of imidazole rings is 1. The second-order valence-corrected chi connectivity index (χ2v) is 2.76. The molecule has 0 saturated carbocycles. The van der Waals surface area contributed by atoms with Crippen molar-refractivity contribution in [1.82, 2.24) is 4.73 Å². The van der Waals surface area contributed by atoms with Crippen molar-refractivity contribution in [1.29, 1.82) is 0 Å². The molecular formula is C5H9ClN2O5. The third-order valence-corrected chi connectivity index (χ3v) is 0.955. The minimum Gasteiger partial charge on any atom is -0.339 e. The highest BCUT2D eigenvalue weighted by atomic mass is 35.7. The van der Waals surface area contributed by atoms with Gasteiger partial charge in [-0.2, -0.15) is 0 Å². The maximum Gasteiger partial charge on any atom is 0.284 e.